The van der Waals surface area contributed by atoms with E-state index in [1.54, 1.807) is 13.1 Å². The highest BCUT2D eigenvalue weighted by Gasteiger charge is 2.13. The van der Waals surface area contributed by atoms with Gasteiger partial charge in [0.1, 0.15) is 12.4 Å². The van der Waals surface area contributed by atoms with Crippen molar-refractivity contribution in [2.75, 3.05) is 0 Å². The molecule has 92 valence electrons. The number of halogens is 2. The summed E-state index contributed by atoms with van der Waals surface area (Å²) >= 11 is 0. The quantitative estimate of drug-likeness (QED) is 0.865. The summed E-state index contributed by atoms with van der Waals surface area (Å²) in [5, 5.41) is 7.64. The number of imidazole rings is 1. The molecule has 0 amide bonds. The third-order valence-electron chi connectivity index (χ3n) is 2.29. The van der Waals surface area contributed by atoms with Gasteiger partial charge in [-0.1, -0.05) is 5.21 Å². The first-order valence-electron chi connectivity index (χ1n) is 5.03. The highest BCUT2D eigenvalue weighted by Crippen LogP contribution is 2.13. The van der Waals surface area contributed by atoms with Crippen LogP contribution >= 0.6 is 0 Å². The van der Waals surface area contributed by atoms with Crippen LogP contribution in [0.4, 0.5) is 8.78 Å². The lowest BCUT2D eigenvalue weighted by molar-refractivity contribution is 0.0665. The Hall–Kier alpha value is -1.83. The van der Waals surface area contributed by atoms with Crippen molar-refractivity contribution in [3.05, 3.63) is 30.1 Å². The molecule has 0 aliphatic heterocycles. The zero-order valence-electron chi connectivity index (χ0n) is 9.16. The van der Waals surface area contributed by atoms with E-state index in [1.807, 2.05) is 0 Å². The molecule has 2 rings (SSSR count). The summed E-state index contributed by atoms with van der Waals surface area (Å²) in [5.41, 5.74) is 6.23. The number of hydrogen-bond donors (Lipinski definition) is 1. The monoisotopic (exact) mass is 242 g/mol. The molecule has 0 radical (unpaired) electrons. The molecule has 8 heteroatoms. The van der Waals surface area contributed by atoms with Crippen LogP contribution < -0.4 is 5.73 Å². The standard InChI is InChI=1S/C9H12F2N6/c1-6(12)7-4-16(15-14-7)5-8-13-2-3-17(8)9(10)11/h2-4,6,9H,5,12H2,1H3. The molecular weight excluding hydrogens is 230 g/mol. The van der Waals surface area contributed by atoms with Gasteiger partial charge in [0.05, 0.1) is 11.9 Å². The van der Waals surface area contributed by atoms with Crippen LogP contribution in [0.1, 0.15) is 31.0 Å². The Labute approximate surface area is 96.1 Å². The van der Waals surface area contributed by atoms with Gasteiger partial charge in [-0.05, 0) is 6.92 Å². The fraction of sp³-hybridized carbons (Fsp3) is 0.444. The number of alkyl halides is 2. The fourth-order valence-electron chi connectivity index (χ4n) is 1.39. The summed E-state index contributed by atoms with van der Waals surface area (Å²) in [5.74, 6) is 0.223. The maximum absolute atomic E-state index is 12.6. The van der Waals surface area contributed by atoms with Crippen LogP contribution in [0.3, 0.4) is 0 Å². The van der Waals surface area contributed by atoms with Gasteiger partial charge < -0.3 is 5.73 Å². The highest BCUT2D eigenvalue weighted by molar-refractivity contribution is 5.00. The maximum Gasteiger partial charge on any atom is 0.319 e. The molecule has 2 N–H and O–H groups in total. The normalized spacial score (nSPS) is 13.2. The summed E-state index contributed by atoms with van der Waals surface area (Å²) in [6, 6.07) is -0.237. The molecule has 0 bridgehead atoms. The van der Waals surface area contributed by atoms with Gasteiger partial charge in [0, 0.05) is 18.4 Å². The predicted molar refractivity (Wildman–Crippen MR) is 55.2 cm³/mol. The molecule has 17 heavy (non-hydrogen) atoms. The largest absolute Gasteiger partial charge is 0.323 e. The summed E-state index contributed by atoms with van der Waals surface area (Å²) in [7, 11) is 0. The minimum Gasteiger partial charge on any atom is -0.323 e. The van der Waals surface area contributed by atoms with E-state index in [1.165, 1.54) is 17.1 Å². The summed E-state index contributed by atoms with van der Waals surface area (Å²) < 4.78 is 27.3. The Bertz CT molecular complexity index is 489. The van der Waals surface area contributed by atoms with Gasteiger partial charge in [0.25, 0.3) is 0 Å². The van der Waals surface area contributed by atoms with E-state index in [0.29, 0.717) is 5.69 Å². The maximum atomic E-state index is 12.6. The average molecular weight is 242 g/mol. The highest BCUT2D eigenvalue weighted by atomic mass is 19.3. The van der Waals surface area contributed by atoms with Crippen LogP contribution in [0.2, 0.25) is 0 Å². The Morgan fingerprint density at radius 2 is 2.24 bits per heavy atom. The summed E-state index contributed by atoms with van der Waals surface area (Å²) in [6.45, 7) is -0.699. The Kier molecular flexibility index (Phi) is 3.14. The molecule has 0 fully saturated rings. The van der Waals surface area contributed by atoms with E-state index in [0.717, 1.165) is 4.57 Å². The molecule has 0 aliphatic carbocycles. The molecule has 1 atom stereocenters. The molecule has 0 aromatic carbocycles. The van der Waals surface area contributed by atoms with Crippen molar-refractivity contribution in [2.45, 2.75) is 26.1 Å². The molecule has 2 heterocycles. The third kappa shape index (κ3) is 2.47. The molecule has 0 saturated heterocycles. The lowest BCUT2D eigenvalue weighted by atomic mass is 10.3. The molecule has 0 spiro atoms. The van der Waals surface area contributed by atoms with Crippen molar-refractivity contribution in [3.63, 3.8) is 0 Å². The van der Waals surface area contributed by atoms with E-state index in [4.69, 9.17) is 5.73 Å². The van der Waals surface area contributed by atoms with Crippen LogP contribution in [0.5, 0.6) is 0 Å². The Balaban J connectivity index is 2.17. The van der Waals surface area contributed by atoms with Crippen LogP contribution in [0, 0.1) is 0 Å². The van der Waals surface area contributed by atoms with E-state index >= 15 is 0 Å². The van der Waals surface area contributed by atoms with Gasteiger partial charge in [0.2, 0.25) is 0 Å². The SMILES string of the molecule is CC(N)c1cn(Cc2nccn2C(F)F)nn1. The van der Waals surface area contributed by atoms with Crippen LogP contribution in [-0.2, 0) is 6.54 Å². The average Bonchev–Trinajstić information content (AvgIpc) is 2.86. The van der Waals surface area contributed by atoms with Gasteiger partial charge >= 0.3 is 6.55 Å². The van der Waals surface area contributed by atoms with E-state index < -0.39 is 6.55 Å². The molecule has 6 nitrogen and oxygen atoms in total. The van der Waals surface area contributed by atoms with Crippen molar-refractivity contribution in [1.29, 1.82) is 0 Å². The minimum atomic E-state index is -2.61. The lowest BCUT2D eigenvalue weighted by Crippen LogP contribution is -2.09. The van der Waals surface area contributed by atoms with Crippen LogP contribution in [0.25, 0.3) is 0 Å². The first kappa shape index (κ1) is 11.6. The van der Waals surface area contributed by atoms with Crippen LogP contribution in [0.15, 0.2) is 18.6 Å². The second-order valence-electron chi connectivity index (χ2n) is 3.66. The van der Waals surface area contributed by atoms with Crippen LogP contribution in [-0.4, -0.2) is 24.5 Å². The fourth-order valence-corrected chi connectivity index (χ4v) is 1.39. The molecule has 0 aliphatic rings. The van der Waals surface area contributed by atoms with E-state index in [2.05, 4.69) is 15.3 Å². The number of nitrogens with zero attached hydrogens (tertiary/aromatic N) is 5. The first-order chi connectivity index (χ1) is 8.08. The number of nitrogens with two attached hydrogens (primary N) is 1. The summed E-state index contributed by atoms with van der Waals surface area (Å²) in [6.07, 6.45) is 4.17. The molecule has 2 aromatic rings. The van der Waals surface area contributed by atoms with Gasteiger partial charge in [-0.15, -0.1) is 5.10 Å². The smallest absolute Gasteiger partial charge is 0.319 e. The lowest BCUT2D eigenvalue weighted by Gasteiger charge is -2.05. The summed E-state index contributed by atoms with van der Waals surface area (Å²) in [4.78, 5) is 3.85. The van der Waals surface area contributed by atoms with Crippen molar-refractivity contribution in [1.82, 2.24) is 24.5 Å². The number of aromatic nitrogens is 5. The van der Waals surface area contributed by atoms with Gasteiger partial charge in [-0.3, -0.25) is 4.57 Å². The number of hydrogen-bond acceptors (Lipinski definition) is 4. The van der Waals surface area contributed by atoms with Gasteiger partial charge in [-0.25, -0.2) is 9.67 Å². The van der Waals surface area contributed by atoms with Crippen molar-refractivity contribution in [3.8, 4) is 0 Å². The molecule has 2 aromatic heterocycles. The second-order valence-corrected chi connectivity index (χ2v) is 3.66. The molecule has 0 saturated carbocycles. The van der Waals surface area contributed by atoms with E-state index in [9.17, 15) is 8.78 Å². The first-order valence-corrected chi connectivity index (χ1v) is 5.03. The third-order valence-corrected chi connectivity index (χ3v) is 2.29. The topological polar surface area (TPSA) is 74.6 Å². The minimum absolute atomic E-state index is 0.136. The Morgan fingerprint density at radius 3 is 2.82 bits per heavy atom. The molecule has 1 unspecified atom stereocenters. The van der Waals surface area contributed by atoms with Gasteiger partial charge in [-0.2, -0.15) is 8.78 Å². The van der Waals surface area contributed by atoms with Crippen molar-refractivity contribution in [2.24, 2.45) is 5.73 Å². The predicted octanol–water partition coefficient (Wildman–Crippen LogP) is 0.938. The second kappa shape index (κ2) is 4.58. The Morgan fingerprint density at radius 1 is 1.47 bits per heavy atom. The number of rotatable bonds is 4. The zero-order chi connectivity index (χ0) is 12.4. The zero-order valence-corrected chi connectivity index (χ0v) is 9.16. The van der Waals surface area contributed by atoms with Crippen molar-refractivity contribution < 1.29 is 8.78 Å². The van der Waals surface area contributed by atoms with Gasteiger partial charge in [0.15, 0.2) is 0 Å². The molecular formula is C9H12F2N6. The van der Waals surface area contributed by atoms with E-state index in [-0.39, 0.29) is 18.4 Å². The van der Waals surface area contributed by atoms with Crippen molar-refractivity contribution >= 4 is 0 Å².